The number of hydrogen-bond acceptors (Lipinski definition) is 4. The van der Waals surface area contributed by atoms with E-state index in [1.807, 2.05) is 18.2 Å². The average Bonchev–Trinajstić information content (AvgIpc) is 3.08. The van der Waals surface area contributed by atoms with Gasteiger partial charge in [0, 0.05) is 12.6 Å². The lowest BCUT2D eigenvalue weighted by molar-refractivity contribution is -0.119. The summed E-state index contributed by atoms with van der Waals surface area (Å²) in [4.78, 5) is 13.5. The fraction of sp³-hybridized carbons (Fsp3) is 0.533. The van der Waals surface area contributed by atoms with Crippen molar-refractivity contribution in [3.05, 3.63) is 23.8 Å². The first kappa shape index (κ1) is 13.2. The van der Waals surface area contributed by atoms with Gasteiger partial charge in [0.05, 0.1) is 6.54 Å². The Morgan fingerprint density at radius 2 is 2.00 bits per heavy atom. The average molecular weight is 276 g/mol. The highest BCUT2D eigenvalue weighted by molar-refractivity contribution is 5.76. The van der Waals surface area contributed by atoms with Gasteiger partial charge in [0.2, 0.25) is 12.7 Å². The lowest BCUT2D eigenvalue weighted by Crippen LogP contribution is -2.39. The molecule has 5 nitrogen and oxygen atoms in total. The van der Waals surface area contributed by atoms with Gasteiger partial charge in [0.15, 0.2) is 11.5 Å². The summed E-state index contributed by atoms with van der Waals surface area (Å²) in [5, 5.41) is 0. The Labute approximate surface area is 118 Å². The molecule has 0 radical (unpaired) electrons. The number of carbonyl (C=O) groups excluding carboxylic acids is 1. The Balaban J connectivity index is 1.73. The van der Waals surface area contributed by atoms with E-state index in [1.54, 1.807) is 0 Å². The van der Waals surface area contributed by atoms with Gasteiger partial charge in [-0.3, -0.25) is 9.69 Å². The first-order valence-electron chi connectivity index (χ1n) is 7.13. The normalized spacial score (nSPS) is 17.9. The summed E-state index contributed by atoms with van der Waals surface area (Å²) >= 11 is 0. The van der Waals surface area contributed by atoms with Crippen molar-refractivity contribution in [2.24, 2.45) is 5.73 Å². The molecule has 2 aliphatic rings. The van der Waals surface area contributed by atoms with Crippen molar-refractivity contribution < 1.29 is 14.3 Å². The summed E-state index contributed by atoms with van der Waals surface area (Å²) in [7, 11) is 0. The molecule has 0 atom stereocenters. The number of nitrogens with two attached hydrogens (primary N) is 1. The molecular weight excluding hydrogens is 256 g/mol. The lowest BCUT2D eigenvalue weighted by atomic mass is 10.1. The third-order valence-corrected chi connectivity index (χ3v) is 4.02. The number of fused-ring (bicyclic) bond motifs is 1. The Morgan fingerprint density at radius 3 is 2.75 bits per heavy atom. The van der Waals surface area contributed by atoms with Crippen LogP contribution in [0.3, 0.4) is 0 Å². The predicted octanol–water partition coefficient (Wildman–Crippen LogP) is 1.65. The maximum Gasteiger partial charge on any atom is 0.231 e. The highest BCUT2D eigenvalue weighted by Crippen LogP contribution is 2.33. The molecule has 0 aromatic heterocycles. The third-order valence-electron chi connectivity index (χ3n) is 4.02. The number of primary amides is 1. The molecule has 0 spiro atoms. The summed E-state index contributed by atoms with van der Waals surface area (Å²) in [6.07, 6.45) is 4.78. The molecule has 0 saturated heterocycles. The second-order valence-corrected chi connectivity index (χ2v) is 5.50. The summed E-state index contributed by atoms with van der Waals surface area (Å²) in [5.41, 5.74) is 6.51. The van der Waals surface area contributed by atoms with Crippen LogP contribution in [0.15, 0.2) is 18.2 Å². The zero-order valence-electron chi connectivity index (χ0n) is 11.5. The number of carbonyl (C=O) groups is 1. The van der Waals surface area contributed by atoms with Gasteiger partial charge in [-0.2, -0.15) is 0 Å². The molecule has 1 aromatic carbocycles. The molecule has 1 aliphatic heterocycles. The Hall–Kier alpha value is -1.75. The number of hydrogen-bond donors (Lipinski definition) is 1. The summed E-state index contributed by atoms with van der Waals surface area (Å²) < 4.78 is 10.7. The topological polar surface area (TPSA) is 64.8 Å². The first-order valence-corrected chi connectivity index (χ1v) is 7.13. The van der Waals surface area contributed by atoms with Crippen molar-refractivity contribution >= 4 is 5.91 Å². The van der Waals surface area contributed by atoms with Crippen LogP contribution >= 0.6 is 0 Å². The highest BCUT2D eigenvalue weighted by atomic mass is 16.7. The van der Waals surface area contributed by atoms with Crippen LogP contribution in [0.2, 0.25) is 0 Å². The van der Waals surface area contributed by atoms with Crippen LogP contribution in [0.4, 0.5) is 0 Å². The zero-order chi connectivity index (χ0) is 13.9. The van der Waals surface area contributed by atoms with Crippen LogP contribution in [0.5, 0.6) is 11.5 Å². The quantitative estimate of drug-likeness (QED) is 0.888. The largest absolute Gasteiger partial charge is 0.454 e. The molecule has 2 N–H and O–H groups in total. The molecular formula is C15H20N2O3. The van der Waals surface area contributed by atoms with Gasteiger partial charge in [-0.05, 0) is 30.5 Å². The molecule has 1 aromatic rings. The maximum atomic E-state index is 11.3. The van der Waals surface area contributed by atoms with E-state index in [9.17, 15) is 4.79 Å². The van der Waals surface area contributed by atoms with E-state index < -0.39 is 0 Å². The predicted molar refractivity (Wildman–Crippen MR) is 74.4 cm³/mol. The number of nitrogens with zero attached hydrogens (tertiary/aromatic N) is 1. The summed E-state index contributed by atoms with van der Waals surface area (Å²) in [6, 6.07) is 6.41. The van der Waals surface area contributed by atoms with E-state index >= 15 is 0 Å². The van der Waals surface area contributed by atoms with Crippen molar-refractivity contribution in [3.63, 3.8) is 0 Å². The van der Waals surface area contributed by atoms with Crippen molar-refractivity contribution in [1.82, 2.24) is 4.90 Å². The van der Waals surface area contributed by atoms with E-state index in [0.717, 1.165) is 36.4 Å². The number of benzene rings is 1. The molecule has 0 unspecified atom stereocenters. The van der Waals surface area contributed by atoms with Crippen molar-refractivity contribution in [3.8, 4) is 11.5 Å². The van der Waals surface area contributed by atoms with E-state index in [2.05, 4.69) is 4.90 Å². The van der Waals surface area contributed by atoms with Crippen LogP contribution in [0, 0.1) is 0 Å². The minimum Gasteiger partial charge on any atom is -0.454 e. The summed E-state index contributed by atoms with van der Waals surface area (Å²) in [5.74, 6) is 1.31. The van der Waals surface area contributed by atoms with Crippen LogP contribution in [0.25, 0.3) is 0 Å². The smallest absolute Gasteiger partial charge is 0.231 e. The van der Waals surface area contributed by atoms with Gasteiger partial charge < -0.3 is 15.2 Å². The summed E-state index contributed by atoms with van der Waals surface area (Å²) in [6.45, 7) is 1.33. The molecule has 1 amide bonds. The van der Waals surface area contributed by atoms with E-state index in [-0.39, 0.29) is 12.7 Å². The first-order chi connectivity index (χ1) is 9.72. The molecule has 1 saturated carbocycles. The Kier molecular flexibility index (Phi) is 3.78. The van der Waals surface area contributed by atoms with Gasteiger partial charge in [-0.15, -0.1) is 0 Å². The molecule has 108 valence electrons. The molecule has 1 fully saturated rings. The van der Waals surface area contributed by atoms with Crippen molar-refractivity contribution in [2.75, 3.05) is 13.3 Å². The van der Waals surface area contributed by atoms with Crippen molar-refractivity contribution in [2.45, 2.75) is 38.3 Å². The third kappa shape index (κ3) is 2.88. The van der Waals surface area contributed by atoms with Crippen LogP contribution < -0.4 is 15.2 Å². The Morgan fingerprint density at radius 1 is 1.25 bits per heavy atom. The standard InChI is InChI=1S/C15H20N2O3/c16-15(18)9-17(12-3-1-2-4-12)8-11-5-6-13-14(7-11)20-10-19-13/h5-7,12H,1-4,8-10H2,(H2,16,18). The molecule has 1 aliphatic carbocycles. The molecule has 3 rings (SSSR count). The number of ether oxygens (including phenoxy) is 2. The van der Waals surface area contributed by atoms with Crippen LogP contribution in [0.1, 0.15) is 31.2 Å². The van der Waals surface area contributed by atoms with Crippen molar-refractivity contribution in [1.29, 1.82) is 0 Å². The Bertz CT molecular complexity index is 498. The number of amides is 1. The second-order valence-electron chi connectivity index (χ2n) is 5.50. The lowest BCUT2D eigenvalue weighted by Gasteiger charge is -2.27. The van der Waals surface area contributed by atoms with Gasteiger partial charge in [0.1, 0.15) is 0 Å². The minimum absolute atomic E-state index is 0.266. The minimum atomic E-state index is -0.266. The van der Waals surface area contributed by atoms with Crippen LogP contribution in [-0.2, 0) is 11.3 Å². The highest BCUT2D eigenvalue weighted by Gasteiger charge is 2.24. The fourth-order valence-electron chi connectivity index (χ4n) is 3.06. The fourth-order valence-corrected chi connectivity index (χ4v) is 3.06. The molecule has 5 heteroatoms. The molecule has 1 heterocycles. The maximum absolute atomic E-state index is 11.3. The SMILES string of the molecule is NC(=O)CN(Cc1ccc2c(c1)OCO2)C1CCCC1. The molecule has 20 heavy (non-hydrogen) atoms. The monoisotopic (exact) mass is 276 g/mol. The van der Waals surface area contributed by atoms with Gasteiger partial charge in [-0.25, -0.2) is 0 Å². The van der Waals surface area contributed by atoms with E-state index in [4.69, 9.17) is 15.2 Å². The van der Waals surface area contributed by atoms with Crippen LogP contribution in [-0.4, -0.2) is 30.2 Å². The second kappa shape index (κ2) is 5.71. The van der Waals surface area contributed by atoms with Gasteiger partial charge >= 0.3 is 0 Å². The molecule has 0 bridgehead atoms. The van der Waals surface area contributed by atoms with Gasteiger partial charge in [-0.1, -0.05) is 18.9 Å². The van der Waals surface area contributed by atoms with E-state index in [0.29, 0.717) is 12.6 Å². The number of rotatable bonds is 5. The van der Waals surface area contributed by atoms with Gasteiger partial charge in [0.25, 0.3) is 0 Å². The zero-order valence-corrected chi connectivity index (χ0v) is 11.5. The van der Waals surface area contributed by atoms with E-state index in [1.165, 1.54) is 12.8 Å².